The van der Waals surface area contributed by atoms with Crippen LogP contribution in [0.2, 0.25) is 0 Å². The van der Waals surface area contributed by atoms with E-state index in [2.05, 4.69) is 22.5 Å². The van der Waals surface area contributed by atoms with Crippen molar-refractivity contribution >= 4 is 5.91 Å². The Balaban J connectivity index is 2.49. The minimum atomic E-state index is -0.148. The Kier molecular flexibility index (Phi) is 4.33. The highest BCUT2D eigenvalue weighted by Crippen LogP contribution is 2.07. The molecule has 1 heterocycles. The molecule has 2 atom stereocenters. The van der Waals surface area contributed by atoms with E-state index >= 15 is 0 Å². The summed E-state index contributed by atoms with van der Waals surface area (Å²) < 4.78 is 0. The fourth-order valence-electron chi connectivity index (χ4n) is 1.95. The molecule has 1 aliphatic rings. The standard InChI is InChI=1S/C12H25N3O/c1-9-8-15(7-6-13-9)10(2)11(16)14-12(3,4)5/h9-10,13H,6-8H2,1-5H3,(H,14,16)/t9-,10?/m1/s1. The maximum absolute atomic E-state index is 12.0. The van der Waals surface area contributed by atoms with Crippen molar-refractivity contribution in [3.63, 3.8) is 0 Å². The van der Waals surface area contributed by atoms with Crippen molar-refractivity contribution in [1.82, 2.24) is 15.5 Å². The van der Waals surface area contributed by atoms with E-state index in [0.29, 0.717) is 6.04 Å². The highest BCUT2D eigenvalue weighted by Gasteiger charge is 2.27. The van der Waals surface area contributed by atoms with Crippen molar-refractivity contribution in [2.24, 2.45) is 0 Å². The molecule has 1 unspecified atom stereocenters. The lowest BCUT2D eigenvalue weighted by atomic mass is 10.1. The second kappa shape index (κ2) is 5.15. The molecule has 1 fully saturated rings. The molecular weight excluding hydrogens is 202 g/mol. The molecule has 0 radical (unpaired) electrons. The van der Waals surface area contributed by atoms with E-state index in [-0.39, 0.29) is 17.5 Å². The Morgan fingerprint density at radius 3 is 2.62 bits per heavy atom. The van der Waals surface area contributed by atoms with E-state index in [0.717, 1.165) is 19.6 Å². The molecule has 0 aliphatic carbocycles. The molecule has 94 valence electrons. The quantitative estimate of drug-likeness (QED) is 0.725. The van der Waals surface area contributed by atoms with Crippen molar-refractivity contribution in [3.05, 3.63) is 0 Å². The Morgan fingerprint density at radius 1 is 1.50 bits per heavy atom. The Morgan fingerprint density at radius 2 is 2.12 bits per heavy atom. The maximum atomic E-state index is 12.0. The summed E-state index contributed by atoms with van der Waals surface area (Å²) in [5, 5.41) is 6.41. The van der Waals surface area contributed by atoms with Gasteiger partial charge in [-0.25, -0.2) is 0 Å². The van der Waals surface area contributed by atoms with Crippen LogP contribution in [0.25, 0.3) is 0 Å². The first kappa shape index (κ1) is 13.5. The third-order valence-corrected chi connectivity index (χ3v) is 2.83. The fourth-order valence-corrected chi connectivity index (χ4v) is 1.95. The van der Waals surface area contributed by atoms with Crippen LogP contribution in [0.5, 0.6) is 0 Å². The summed E-state index contributed by atoms with van der Waals surface area (Å²) in [4.78, 5) is 14.2. The van der Waals surface area contributed by atoms with Crippen LogP contribution in [0.1, 0.15) is 34.6 Å². The molecule has 1 aliphatic heterocycles. The highest BCUT2D eigenvalue weighted by atomic mass is 16.2. The molecule has 16 heavy (non-hydrogen) atoms. The molecule has 1 saturated heterocycles. The summed E-state index contributed by atoms with van der Waals surface area (Å²) in [5.41, 5.74) is -0.148. The van der Waals surface area contributed by atoms with Crippen LogP contribution >= 0.6 is 0 Å². The summed E-state index contributed by atoms with van der Waals surface area (Å²) in [5.74, 6) is 0.126. The molecule has 4 nitrogen and oxygen atoms in total. The summed E-state index contributed by atoms with van der Waals surface area (Å²) in [6, 6.07) is 0.433. The molecule has 1 amide bonds. The fraction of sp³-hybridized carbons (Fsp3) is 0.917. The first-order valence-electron chi connectivity index (χ1n) is 6.09. The number of nitrogens with zero attached hydrogens (tertiary/aromatic N) is 1. The van der Waals surface area contributed by atoms with E-state index in [1.54, 1.807) is 0 Å². The number of hydrogen-bond acceptors (Lipinski definition) is 3. The van der Waals surface area contributed by atoms with Gasteiger partial charge in [-0.2, -0.15) is 0 Å². The highest BCUT2D eigenvalue weighted by molar-refractivity contribution is 5.81. The van der Waals surface area contributed by atoms with Gasteiger partial charge in [0.15, 0.2) is 0 Å². The number of rotatable bonds is 2. The zero-order valence-corrected chi connectivity index (χ0v) is 11.1. The van der Waals surface area contributed by atoms with Crippen molar-refractivity contribution < 1.29 is 4.79 Å². The maximum Gasteiger partial charge on any atom is 0.237 e. The molecule has 0 spiro atoms. The zero-order chi connectivity index (χ0) is 12.3. The first-order chi connectivity index (χ1) is 7.29. The summed E-state index contributed by atoms with van der Waals surface area (Å²) in [6.07, 6.45) is 0. The van der Waals surface area contributed by atoms with Gasteiger partial charge in [0.1, 0.15) is 0 Å². The molecule has 0 aromatic rings. The Hall–Kier alpha value is -0.610. The van der Waals surface area contributed by atoms with Crippen molar-refractivity contribution in [3.8, 4) is 0 Å². The molecule has 0 bridgehead atoms. The summed E-state index contributed by atoms with van der Waals surface area (Å²) in [7, 11) is 0. The van der Waals surface area contributed by atoms with Gasteiger partial charge in [-0.3, -0.25) is 9.69 Å². The zero-order valence-electron chi connectivity index (χ0n) is 11.1. The van der Waals surface area contributed by atoms with Gasteiger partial charge in [0.25, 0.3) is 0 Å². The lowest BCUT2D eigenvalue weighted by Gasteiger charge is -2.36. The van der Waals surface area contributed by atoms with Crippen LogP contribution in [-0.4, -0.2) is 48.1 Å². The normalized spacial score (nSPS) is 25.2. The van der Waals surface area contributed by atoms with E-state index < -0.39 is 0 Å². The van der Waals surface area contributed by atoms with Crippen LogP contribution in [0, 0.1) is 0 Å². The number of hydrogen-bond donors (Lipinski definition) is 2. The van der Waals surface area contributed by atoms with Gasteiger partial charge in [-0.1, -0.05) is 0 Å². The molecule has 0 aromatic carbocycles. The second-order valence-electron chi connectivity index (χ2n) is 5.77. The molecular formula is C12H25N3O. The van der Waals surface area contributed by atoms with E-state index in [1.165, 1.54) is 0 Å². The van der Waals surface area contributed by atoms with Gasteiger partial charge >= 0.3 is 0 Å². The average molecular weight is 227 g/mol. The minimum absolute atomic E-state index is 0.0382. The largest absolute Gasteiger partial charge is 0.350 e. The van der Waals surface area contributed by atoms with Crippen molar-refractivity contribution in [1.29, 1.82) is 0 Å². The van der Waals surface area contributed by atoms with Gasteiger partial charge in [0.05, 0.1) is 6.04 Å². The van der Waals surface area contributed by atoms with Gasteiger partial charge in [0.2, 0.25) is 5.91 Å². The first-order valence-corrected chi connectivity index (χ1v) is 6.09. The number of nitrogens with one attached hydrogen (secondary N) is 2. The lowest BCUT2D eigenvalue weighted by Crippen LogP contribution is -2.57. The average Bonchev–Trinajstić information content (AvgIpc) is 2.14. The van der Waals surface area contributed by atoms with Crippen molar-refractivity contribution in [2.75, 3.05) is 19.6 Å². The molecule has 2 N–H and O–H groups in total. The van der Waals surface area contributed by atoms with Crippen LogP contribution in [-0.2, 0) is 4.79 Å². The van der Waals surface area contributed by atoms with E-state index in [4.69, 9.17) is 0 Å². The summed E-state index contributed by atoms with van der Waals surface area (Å²) in [6.45, 7) is 13.0. The van der Waals surface area contributed by atoms with Gasteiger partial charge in [-0.05, 0) is 34.6 Å². The second-order valence-corrected chi connectivity index (χ2v) is 5.77. The van der Waals surface area contributed by atoms with Crippen molar-refractivity contribution in [2.45, 2.75) is 52.2 Å². The topological polar surface area (TPSA) is 44.4 Å². The van der Waals surface area contributed by atoms with Gasteiger partial charge in [0, 0.05) is 31.2 Å². The minimum Gasteiger partial charge on any atom is -0.350 e. The number of carbonyl (C=O) groups is 1. The van der Waals surface area contributed by atoms with Crippen LogP contribution < -0.4 is 10.6 Å². The number of carbonyl (C=O) groups excluding carboxylic acids is 1. The monoisotopic (exact) mass is 227 g/mol. The van der Waals surface area contributed by atoms with Crippen LogP contribution in [0.4, 0.5) is 0 Å². The Labute approximate surface area is 98.8 Å². The Bertz CT molecular complexity index is 247. The molecule has 1 rings (SSSR count). The van der Waals surface area contributed by atoms with E-state index in [9.17, 15) is 4.79 Å². The predicted octanol–water partition coefficient (Wildman–Crippen LogP) is 0.583. The van der Waals surface area contributed by atoms with Crippen LogP contribution in [0.15, 0.2) is 0 Å². The SMILES string of the molecule is CC(C(=O)NC(C)(C)C)N1CCN[C@H](C)C1. The van der Waals surface area contributed by atoms with Gasteiger partial charge in [-0.15, -0.1) is 0 Å². The molecule has 0 saturated carbocycles. The van der Waals surface area contributed by atoms with Gasteiger partial charge < -0.3 is 10.6 Å². The van der Waals surface area contributed by atoms with Crippen LogP contribution in [0.3, 0.4) is 0 Å². The third kappa shape index (κ3) is 4.10. The third-order valence-electron chi connectivity index (χ3n) is 2.83. The van der Waals surface area contributed by atoms with E-state index in [1.807, 2.05) is 27.7 Å². The number of amides is 1. The lowest BCUT2D eigenvalue weighted by molar-refractivity contribution is -0.127. The smallest absolute Gasteiger partial charge is 0.237 e. The molecule has 4 heteroatoms. The number of piperazine rings is 1. The summed E-state index contributed by atoms with van der Waals surface area (Å²) >= 11 is 0. The molecule has 0 aromatic heterocycles. The predicted molar refractivity (Wildman–Crippen MR) is 66.4 cm³/mol.